The summed E-state index contributed by atoms with van der Waals surface area (Å²) in [5.74, 6) is 0.392. The van der Waals surface area contributed by atoms with E-state index in [-0.39, 0.29) is 0 Å². The summed E-state index contributed by atoms with van der Waals surface area (Å²) in [4.78, 5) is 7.32. The Morgan fingerprint density at radius 1 is 1.28 bits per heavy atom. The molecule has 1 rings (SSSR count). The number of piperazine rings is 1. The number of hydrogen-bond donors (Lipinski definition) is 0. The Bertz CT molecular complexity index is 360. The first-order valence-electron chi connectivity index (χ1n) is 6.22. The van der Waals surface area contributed by atoms with Crippen LogP contribution in [-0.2, 0) is 14.9 Å². The third-order valence-electron chi connectivity index (χ3n) is 2.73. The summed E-state index contributed by atoms with van der Waals surface area (Å²) in [7, 11) is -3.04. The van der Waals surface area contributed by atoms with E-state index >= 15 is 0 Å². The molecule has 1 aliphatic rings. The molecule has 1 aliphatic heterocycles. The van der Waals surface area contributed by atoms with Gasteiger partial charge in [-0.25, -0.2) is 8.42 Å². The summed E-state index contributed by atoms with van der Waals surface area (Å²) >= 11 is 0. The van der Waals surface area contributed by atoms with Crippen molar-refractivity contribution in [1.82, 2.24) is 9.21 Å². The van der Waals surface area contributed by atoms with Gasteiger partial charge in [0.2, 0.25) is 10.0 Å². The maximum absolute atomic E-state index is 11.3. The van der Waals surface area contributed by atoms with Crippen LogP contribution in [0.3, 0.4) is 0 Å². The first-order chi connectivity index (χ1) is 8.39. The molecule has 0 aromatic carbocycles. The molecule has 1 fully saturated rings. The zero-order valence-corrected chi connectivity index (χ0v) is 12.2. The van der Waals surface area contributed by atoms with Gasteiger partial charge >= 0.3 is 0 Å². The molecule has 1 heterocycles. The van der Waals surface area contributed by atoms with Crippen molar-refractivity contribution < 1.29 is 13.3 Å². The SMILES string of the molecule is CC(C)/C=N/OCCN1CCN(S(C)(=O)=O)CC1. The first kappa shape index (κ1) is 15.4. The number of oxime groups is 1. The molecule has 0 aliphatic carbocycles. The van der Waals surface area contributed by atoms with Gasteiger partial charge in [0, 0.05) is 38.9 Å². The molecule has 0 bridgehead atoms. The summed E-state index contributed by atoms with van der Waals surface area (Å²) in [6, 6.07) is 0. The van der Waals surface area contributed by atoms with Crippen LogP contribution in [0.4, 0.5) is 0 Å². The zero-order valence-electron chi connectivity index (χ0n) is 11.4. The van der Waals surface area contributed by atoms with Gasteiger partial charge in [0.05, 0.1) is 6.26 Å². The van der Waals surface area contributed by atoms with E-state index in [0.717, 1.165) is 19.6 Å². The number of hydrogen-bond acceptors (Lipinski definition) is 5. The molecule has 1 saturated heterocycles. The minimum atomic E-state index is -3.04. The fourth-order valence-electron chi connectivity index (χ4n) is 1.67. The molecule has 0 atom stereocenters. The van der Waals surface area contributed by atoms with Gasteiger partial charge in [-0.15, -0.1) is 0 Å². The third-order valence-corrected chi connectivity index (χ3v) is 4.04. The minimum Gasteiger partial charge on any atom is -0.395 e. The number of nitrogens with zero attached hydrogens (tertiary/aromatic N) is 3. The van der Waals surface area contributed by atoms with E-state index in [2.05, 4.69) is 10.1 Å². The van der Waals surface area contributed by atoms with Crippen molar-refractivity contribution in [3.63, 3.8) is 0 Å². The van der Waals surface area contributed by atoms with Crippen LogP contribution >= 0.6 is 0 Å². The van der Waals surface area contributed by atoms with Gasteiger partial charge in [0.15, 0.2) is 0 Å². The van der Waals surface area contributed by atoms with E-state index in [0.29, 0.717) is 25.6 Å². The van der Waals surface area contributed by atoms with Crippen molar-refractivity contribution in [1.29, 1.82) is 0 Å². The van der Waals surface area contributed by atoms with E-state index < -0.39 is 10.0 Å². The lowest BCUT2D eigenvalue weighted by Crippen LogP contribution is -2.48. The molecule has 6 nitrogen and oxygen atoms in total. The van der Waals surface area contributed by atoms with Crippen molar-refractivity contribution >= 4 is 16.2 Å². The second-order valence-electron chi connectivity index (χ2n) is 4.84. The topological polar surface area (TPSA) is 62.2 Å². The van der Waals surface area contributed by atoms with Crippen LogP contribution in [0.1, 0.15) is 13.8 Å². The zero-order chi connectivity index (χ0) is 13.6. The molecule has 0 unspecified atom stereocenters. The van der Waals surface area contributed by atoms with Gasteiger partial charge < -0.3 is 4.84 Å². The van der Waals surface area contributed by atoms with E-state index in [1.807, 2.05) is 13.8 Å². The van der Waals surface area contributed by atoms with E-state index in [1.54, 1.807) is 6.21 Å². The number of sulfonamides is 1. The highest BCUT2D eigenvalue weighted by Gasteiger charge is 2.22. The van der Waals surface area contributed by atoms with Crippen LogP contribution in [0.15, 0.2) is 5.16 Å². The molecule has 0 N–H and O–H groups in total. The first-order valence-corrected chi connectivity index (χ1v) is 8.07. The maximum atomic E-state index is 11.3. The summed E-state index contributed by atoms with van der Waals surface area (Å²) in [5.41, 5.74) is 0. The lowest BCUT2D eigenvalue weighted by molar-refractivity contribution is 0.0957. The number of rotatable bonds is 6. The van der Waals surface area contributed by atoms with Crippen molar-refractivity contribution in [2.75, 3.05) is 45.6 Å². The van der Waals surface area contributed by atoms with Crippen LogP contribution < -0.4 is 0 Å². The molecular formula is C11H23N3O3S. The second-order valence-corrected chi connectivity index (χ2v) is 6.82. The Morgan fingerprint density at radius 2 is 1.89 bits per heavy atom. The molecular weight excluding hydrogens is 254 g/mol. The predicted octanol–water partition coefficient (Wildman–Crippen LogP) is 0.222. The maximum Gasteiger partial charge on any atom is 0.211 e. The normalized spacial score (nSPS) is 19.8. The summed E-state index contributed by atoms with van der Waals surface area (Å²) in [6.45, 7) is 8.04. The molecule has 0 saturated carbocycles. The van der Waals surface area contributed by atoms with Gasteiger partial charge in [-0.1, -0.05) is 19.0 Å². The predicted molar refractivity (Wildman–Crippen MR) is 72.1 cm³/mol. The molecule has 18 heavy (non-hydrogen) atoms. The fourth-order valence-corrected chi connectivity index (χ4v) is 2.50. The molecule has 7 heteroatoms. The quantitative estimate of drug-likeness (QED) is 0.396. The van der Waals surface area contributed by atoms with Crippen LogP contribution in [-0.4, -0.2) is 69.4 Å². The Hall–Kier alpha value is -0.660. The largest absolute Gasteiger partial charge is 0.395 e. The van der Waals surface area contributed by atoms with Crippen molar-refractivity contribution in [3.8, 4) is 0 Å². The van der Waals surface area contributed by atoms with Gasteiger partial charge in [-0.3, -0.25) is 4.90 Å². The average molecular weight is 277 g/mol. The highest BCUT2D eigenvalue weighted by atomic mass is 32.2. The van der Waals surface area contributed by atoms with Crippen molar-refractivity contribution in [2.24, 2.45) is 11.1 Å². The highest BCUT2D eigenvalue weighted by Crippen LogP contribution is 2.05. The van der Waals surface area contributed by atoms with E-state index in [1.165, 1.54) is 10.6 Å². The Balaban J connectivity index is 2.17. The van der Waals surface area contributed by atoms with Gasteiger partial charge in [0.1, 0.15) is 6.61 Å². The lowest BCUT2D eigenvalue weighted by atomic mass is 10.3. The average Bonchev–Trinajstić information content (AvgIpc) is 2.27. The lowest BCUT2D eigenvalue weighted by Gasteiger charge is -2.32. The van der Waals surface area contributed by atoms with Gasteiger partial charge in [0.25, 0.3) is 0 Å². The molecule has 0 aromatic rings. The van der Waals surface area contributed by atoms with Gasteiger partial charge in [-0.2, -0.15) is 4.31 Å². The molecule has 0 aromatic heterocycles. The minimum absolute atomic E-state index is 0.392. The highest BCUT2D eigenvalue weighted by molar-refractivity contribution is 7.88. The summed E-state index contributed by atoms with van der Waals surface area (Å²) in [5, 5.41) is 3.85. The van der Waals surface area contributed by atoms with Crippen LogP contribution in [0.25, 0.3) is 0 Å². The standard InChI is InChI=1S/C11H23N3O3S/c1-11(2)10-12-17-9-8-13-4-6-14(7-5-13)18(3,15)16/h10-11H,4-9H2,1-3H3/b12-10+. The second kappa shape index (κ2) is 7.06. The Morgan fingerprint density at radius 3 is 2.39 bits per heavy atom. The summed E-state index contributed by atoms with van der Waals surface area (Å²) < 4.78 is 24.2. The Labute approximate surface area is 110 Å². The van der Waals surface area contributed by atoms with Crippen molar-refractivity contribution in [2.45, 2.75) is 13.8 Å². The van der Waals surface area contributed by atoms with E-state index in [4.69, 9.17) is 4.84 Å². The molecule has 0 radical (unpaired) electrons. The third kappa shape index (κ3) is 5.79. The molecule has 0 amide bonds. The van der Waals surface area contributed by atoms with E-state index in [9.17, 15) is 8.42 Å². The van der Waals surface area contributed by atoms with Gasteiger partial charge in [-0.05, 0) is 5.92 Å². The van der Waals surface area contributed by atoms with Crippen LogP contribution in [0, 0.1) is 5.92 Å². The molecule has 0 spiro atoms. The molecule has 106 valence electrons. The smallest absolute Gasteiger partial charge is 0.211 e. The monoisotopic (exact) mass is 277 g/mol. The van der Waals surface area contributed by atoms with Crippen molar-refractivity contribution in [3.05, 3.63) is 0 Å². The van der Waals surface area contributed by atoms with Crippen LogP contribution in [0.5, 0.6) is 0 Å². The Kier molecular flexibility index (Phi) is 6.04. The fraction of sp³-hybridized carbons (Fsp3) is 0.909. The summed E-state index contributed by atoms with van der Waals surface area (Å²) in [6.07, 6.45) is 3.02. The van der Waals surface area contributed by atoms with Crippen LogP contribution in [0.2, 0.25) is 0 Å².